The second-order valence-corrected chi connectivity index (χ2v) is 4.44. The summed E-state index contributed by atoms with van der Waals surface area (Å²) in [5.74, 6) is 2.02. The predicted molar refractivity (Wildman–Crippen MR) is 48.8 cm³/mol. The lowest BCUT2D eigenvalue weighted by Crippen LogP contribution is -2.21. The highest BCUT2D eigenvalue weighted by molar-refractivity contribution is 5.87. The van der Waals surface area contributed by atoms with Crippen LogP contribution < -0.4 is 0 Å². The van der Waals surface area contributed by atoms with Crippen molar-refractivity contribution >= 4 is 5.78 Å². The first kappa shape index (κ1) is 8.03. The largest absolute Gasteiger partial charge is 0.299 e. The molecule has 0 radical (unpaired) electrons. The molecule has 2 bridgehead atoms. The quantitative estimate of drug-likeness (QED) is 0.573. The van der Waals surface area contributed by atoms with Gasteiger partial charge >= 0.3 is 0 Å². The molecule has 1 nitrogen and oxygen atoms in total. The zero-order valence-corrected chi connectivity index (χ0v) is 7.68. The number of hydrogen-bond acceptors (Lipinski definition) is 1. The highest BCUT2D eigenvalue weighted by Gasteiger charge is 2.46. The van der Waals surface area contributed by atoms with Crippen LogP contribution in [0.25, 0.3) is 0 Å². The van der Waals surface area contributed by atoms with Crippen molar-refractivity contribution in [3.8, 4) is 0 Å². The van der Waals surface area contributed by atoms with Gasteiger partial charge in [-0.25, -0.2) is 0 Å². The minimum Gasteiger partial charge on any atom is -0.299 e. The van der Waals surface area contributed by atoms with Crippen molar-refractivity contribution in [3.63, 3.8) is 0 Å². The fraction of sp³-hybridized carbons (Fsp3) is 0.727. The van der Waals surface area contributed by atoms with Gasteiger partial charge in [-0.05, 0) is 38.5 Å². The summed E-state index contributed by atoms with van der Waals surface area (Å²) in [5.41, 5.74) is 1.17. The molecule has 0 saturated heterocycles. The molecule has 12 heavy (non-hydrogen) atoms. The summed E-state index contributed by atoms with van der Waals surface area (Å²) in [6.45, 7) is 5.91. The Labute approximate surface area is 73.8 Å². The number of ketones is 1. The normalized spacial score (nSPS) is 39.1. The van der Waals surface area contributed by atoms with Crippen molar-refractivity contribution < 1.29 is 4.79 Å². The van der Waals surface area contributed by atoms with Crippen molar-refractivity contribution in [1.82, 2.24) is 0 Å². The highest BCUT2D eigenvalue weighted by atomic mass is 16.1. The van der Waals surface area contributed by atoms with Crippen LogP contribution in [0.4, 0.5) is 0 Å². The molecule has 3 atom stereocenters. The molecule has 0 aliphatic heterocycles. The van der Waals surface area contributed by atoms with Crippen LogP contribution in [-0.2, 0) is 4.79 Å². The Hall–Kier alpha value is -0.590. The van der Waals surface area contributed by atoms with Gasteiger partial charge in [0, 0.05) is 11.8 Å². The molecule has 2 saturated carbocycles. The molecule has 2 aliphatic carbocycles. The average molecular weight is 164 g/mol. The maximum atomic E-state index is 11.7. The molecular formula is C11H16O. The van der Waals surface area contributed by atoms with Gasteiger partial charge in [-0.15, -0.1) is 6.58 Å². The van der Waals surface area contributed by atoms with Crippen LogP contribution in [0.3, 0.4) is 0 Å². The van der Waals surface area contributed by atoms with E-state index in [0.717, 1.165) is 12.8 Å². The van der Waals surface area contributed by atoms with E-state index in [1.165, 1.54) is 18.4 Å². The topological polar surface area (TPSA) is 17.1 Å². The molecule has 66 valence electrons. The average Bonchev–Trinajstić information content (AvgIpc) is 2.53. The second-order valence-electron chi connectivity index (χ2n) is 4.44. The van der Waals surface area contributed by atoms with Crippen LogP contribution >= 0.6 is 0 Å². The second kappa shape index (κ2) is 2.72. The van der Waals surface area contributed by atoms with Crippen LogP contribution in [0.5, 0.6) is 0 Å². The number of rotatable bonds is 2. The first-order valence-corrected chi connectivity index (χ1v) is 4.86. The van der Waals surface area contributed by atoms with Crippen molar-refractivity contribution in [3.05, 3.63) is 12.2 Å². The van der Waals surface area contributed by atoms with Gasteiger partial charge < -0.3 is 0 Å². The molecule has 0 unspecified atom stereocenters. The number of Topliss-reactive ketones (excluding diaryl/α,β-unsaturated/α-hetero) is 1. The monoisotopic (exact) mass is 164 g/mol. The fourth-order valence-electron chi connectivity index (χ4n) is 2.82. The van der Waals surface area contributed by atoms with E-state index in [1.807, 2.05) is 6.92 Å². The number of hydrogen-bond donors (Lipinski definition) is 0. The van der Waals surface area contributed by atoms with E-state index in [0.29, 0.717) is 23.5 Å². The number of fused-ring (bicyclic) bond motifs is 2. The van der Waals surface area contributed by atoms with Crippen LogP contribution in [-0.4, -0.2) is 5.78 Å². The molecule has 0 heterocycles. The molecule has 0 amide bonds. The fourth-order valence-corrected chi connectivity index (χ4v) is 2.82. The van der Waals surface area contributed by atoms with Gasteiger partial charge in [-0.3, -0.25) is 4.79 Å². The molecule has 1 heteroatoms. The van der Waals surface area contributed by atoms with Gasteiger partial charge in [0.25, 0.3) is 0 Å². The Morgan fingerprint density at radius 1 is 1.58 bits per heavy atom. The van der Waals surface area contributed by atoms with Gasteiger partial charge in [-0.1, -0.05) is 5.57 Å². The lowest BCUT2D eigenvalue weighted by Gasteiger charge is -2.19. The lowest BCUT2D eigenvalue weighted by molar-refractivity contribution is -0.125. The molecule has 0 spiro atoms. The summed E-state index contributed by atoms with van der Waals surface area (Å²) < 4.78 is 0. The molecule has 2 aliphatic rings. The number of carbonyl (C=O) groups is 1. The Balaban J connectivity index is 2.07. The van der Waals surface area contributed by atoms with Crippen LogP contribution in [0, 0.1) is 17.8 Å². The van der Waals surface area contributed by atoms with E-state index in [2.05, 4.69) is 6.58 Å². The van der Waals surface area contributed by atoms with E-state index in [-0.39, 0.29) is 0 Å². The molecule has 0 aromatic carbocycles. The third-order valence-electron chi connectivity index (χ3n) is 3.38. The Kier molecular flexibility index (Phi) is 1.82. The van der Waals surface area contributed by atoms with Gasteiger partial charge in [-0.2, -0.15) is 0 Å². The Morgan fingerprint density at radius 3 is 2.83 bits per heavy atom. The maximum Gasteiger partial charge on any atom is 0.139 e. The third kappa shape index (κ3) is 1.12. The predicted octanol–water partition coefficient (Wildman–Crippen LogP) is 2.57. The van der Waals surface area contributed by atoms with E-state index < -0.39 is 0 Å². The Bertz CT molecular complexity index is 229. The van der Waals surface area contributed by atoms with Crippen molar-refractivity contribution in [2.75, 3.05) is 0 Å². The SMILES string of the molecule is C=C(C)C[C@@H]1C(=O)[C@H]2CC[C@@H]1C2. The number of allylic oxidation sites excluding steroid dienone is 1. The highest BCUT2D eigenvalue weighted by Crippen LogP contribution is 2.47. The smallest absolute Gasteiger partial charge is 0.139 e. The molecular weight excluding hydrogens is 148 g/mol. The summed E-state index contributed by atoms with van der Waals surface area (Å²) in [6.07, 6.45) is 4.57. The summed E-state index contributed by atoms with van der Waals surface area (Å²) in [7, 11) is 0. The zero-order valence-electron chi connectivity index (χ0n) is 7.68. The number of carbonyl (C=O) groups excluding carboxylic acids is 1. The van der Waals surface area contributed by atoms with Crippen LogP contribution in [0.1, 0.15) is 32.6 Å². The van der Waals surface area contributed by atoms with Gasteiger partial charge in [0.05, 0.1) is 0 Å². The summed E-state index contributed by atoms with van der Waals surface area (Å²) in [4.78, 5) is 11.7. The molecule has 2 rings (SSSR count). The van der Waals surface area contributed by atoms with Gasteiger partial charge in [0.15, 0.2) is 0 Å². The summed E-state index contributed by atoms with van der Waals surface area (Å²) in [6, 6.07) is 0. The molecule has 0 aromatic heterocycles. The van der Waals surface area contributed by atoms with E-state index in [9.17, 15) is 4.79 Å². The summed E-state index contributed by atoms with van der Waals surface area (Å²) >= 11 is 0. The van der Waals surface area contributed by atoms with Crippen LogP contribution in [0.15, 0.2) is 12.2 Å². The van der Waals surface area contributed by atoms with Crippen LogP contribution in [0.2, 0.25) is 0 Å². The first-order valence-electron chi connectivity index (χ1n) is 4.86. The van der Waals surface area contributed by atoms with Crippen molar-refractivity contribution in [1.29, 1.82) is 0 Å². The van der Waals surface area contributed by atoms with E-state index >= 15 is 0 Å². The van der Waals surface area contributed by atoms with Crippen molar-refractivity contribution in [2.45, 2.75) is 32.6 Å². The molecule has 2 fully saturated rings. The minimum absolute atomic E-state index is 0.348. The summed E-state index contributed by atoms with van der Waals surface area (Å²) in [5, 5.41) is 0. The zero-order chi connectivity index (χ0) is 8.72. The third-order valence-corrected chi connectivity index (χ3v) is 3.38. The van der Waals surface area contributed by atoms with Gasteiger partial charge in [0.1, 0.15) is 5.78 Å². The maximum absolute atomic E-state index is 11.7. The minimum atomic E-state index is 0.348. The van der Waals surface area contributed by atoms with E-state index in [4.69, 9.17) is 0 Å². The Morgan fingerprint density at radius 2 is 2.33 bits per heavy atom. The van der Waals surface area contributed by atoms with Gasteiger partial charge in [0.2, 0.25) is 0 Å². The first-order chi connectivity index (χ1) is 5.68. The molecule has 0 N–H and O–H groups in total. The lowest BCUT2D eigenvalue weighted by atomic mass is 9.84. The van der Waals surface area contributed by atoms with E-state index in [1.54, 1.807) is 0 Å². The standard InChI is InChI=1S/C11H16O/c1-7(2)5-10-8-3-4-9(6-8)11(10)12/h8-10H,1,3-6H2,2H3/t8-,9+,10+/m1/s1. The van der Waals surface area contributed by atoms with Crippen molar-refractivity contribution in [2.24, 2.45) is 17.8 Å². The molecule has 0 aromatic rings.